The zero-order valence-electron chi connectivity index (χ0n) is 28.2. The maximum atomic E-state index is 2.37. The van der Waals surface area contributed by atoms with Crippen molar-refractivity contribution in [3.05, 3.63) is 193 Å². The maximum Gasteiger partial charge on any atom is 0.0468 e. The van der Waals surface area contributed by atoms with Crippen LogP contribution in [0.1, 0.15) is 11.1 Å². The quantitative estimate of drug-likeness (QED) is 0.167. The number of fused-ring (bicyclic) bond motifs is 4. The molecule has 2 nitrogen and oxygen atoms in total. The van der Waals surface area contributed by atoms with Gasteiger partial charge < -0.3 is 9.80 Å². The second-order valence-corrected chi connectivity index (χ2v) is 13.1. The van der Waals surface area contributed by atoms with Gasteiger partial charge in [-0.2, -0.15) is 0 Å². The van der Waals surface area contributed by atoms with E-state index >= 15 is 0 Å². The third-order valence-corrected chi connectivity index (χ3v) is 10.2. The molecule has 9 rings (SSSR count). The first-order valence-electron chi connectivity index (χ1n) is 17.3. The molecule has 0 N–H and O–H groups in total. The minimum atomic E-state index is 1.14. The molecular weight excluding hydrogens is 605 g/mol. The summed E-state index contributed by atoms with van der Waals surface area (Å²) in [5, 5.41) is 10.0. The van der Waals surface area contributed by atoms with Crippen molar-refractivity contribution in [3.8, 4) is 0 Å². The van der Waals surface area contributed by atoms with E-state index in [1.54, 1.807) is 0 Å². The Balaban J connectivity index is 1.20. The first-order chi connectivity index (χ1) is 24.6. The Labute approximate surface area is 293 Å². The van der Waals surface area contributed by atoms with E-state index < -0.39 is 0 Å². The Bertz CT molecular complexity index is 2490. The fraction of sp³-hybridized carbons (Fsp3) is 0.0417. The lowest BCUT2D eigenvalue weighted by Crippen LogP contribution is -2.10. The summed E-state index contributed by atoms with van der Waals surface area (Å²) in [6, 6.07) is 65.9. The monoisotopic (exact) mass is 640 g/mol. The van der Waals surface area contributed by atoms with Crippen LogP contribution in [0.3, 0.4) is 0 Å². The van der Waals surface area contributed by atoms with E-state index in [1.807, 2.05) is 0 Å². The fourth-order valence-electron chi connectivity index (χ4n) is 7.59. The van der Waals surface area contributed by atoms with E-state index in [2.05, 4.69) is 206 Å². The first kappa shape index (κ1) is 29.7. The van der Waals surface area contributed by atoms with E-state index in [-0.39, 0.29) is 0 Å². The molecule has 0 saturated heterocycles. The standard InChI is InChI=1S/C48H36N2/c1-33-45-27-25-44(50(40-19-7-4-8-20-40)42-24-22-36-14-10-12-16-38(36)30-42)32-48(45)34(2)46-28-26-43(31-47(33)46)49(39-17-5-3-6-18-39)41-23-21-35-13-9-11-15-37(35)29-41/h3-32H,1-2H3. The van der Waals surface area contributed by atoms with Crippen LogP contribution in [0.25, 0.3) is 43.1 Å². The molecule has 9 aromatic carbocycles. The van der Waals surface area contributed by atoms with Gasteiger partial charge in [-0.25, -0.2) is 0 Å². The fourth-order valence-corrected chi connectivity index (χ4v) is 7.59. The van der Waals surface area contributed by atoms with Gasteiger partial charge >= 0.3 is 0 Å². The highest BCUT2D eigenvalue weighted by Crippen LogP contribution is 2.43. The van der Waals surface area contributed by atoms with E-state index in [4.69, 9.17) is 0 Å². The highest BCUT2D eigenvalue weighted by molar-refractivity contribution is 6.08. The Kier molecular flexibility index (Phi) is 7.29. The van der Waals surface area contributed by atoms with Gasteiger partial charge in [0.1, 0.15) is 0 Å². The van der Waals surface area contributed by atoms with Gasteiger partial charge in [-0.15, -0.1) is 0 Å². The van der Waals surface area contributed by atoms with Gasteiger partial charge in [-0.3, -0.25) is 0 Å². The highest BCUT2D eigenvalue weighted by Gasteiger charge is 2.18. The SMILES string of the molecule is Cc1c2ccc(N(c3ccccc3)c3ccc4ccccc4c3)cc2c(C)c2ccc(N(c3ccccc3)c3ccc4ccccc4c3)cc12. The third kappa shape index (κ3) is 5.14. The van der Waals surface area contributed by atoms with Crippen LogP contribution in [-0.4, -0.2) is 0 Å². The summed E-state index contributed by atoms with van der Waals surface area (Å²) in [4.78, 5) is 4.74. The predicted molar refractivity (Wildman–Crippen MR) is 215 cm³/mol. The van der Waals surface area contributed by atoms with E-state index in [0.29, 0.717) is 0 Å². The normalized spacial score (nSPS) is 11.4. The molecule has 0 saturated carbocycles. The van der Waals surface area contributed by atoms with Crippen LogP contribution in [-0.2, 0) is 0 Å². The Hall–Kier alpha value is -6.38. The number of para-hydroxylation sites is 2. The molecule has 0 fully saturated rings. The minimum Gasteiger partial charge on any atom is -0.310 e. The van der Waals surface area contributed by atoms with Crippen LogP contribution >= 0.6 is 0 Å². The molecule has 0 heterocycles. The molecule has 50 heavy (non-hydrogen) atoms. The van der Waals surface area contributed by atoms with Crippen molar-refractivity contribution in [2.75, 3.05) is 9.80 Å². The summed E-state index contributed by atoms with van der Waals surface area (Å²) in [5.41, 5.74) is 9.42. The van der Waals surface area contributed by atoms with Crippen LogP contribution in [0.4, 0.5) is 34.1 Å². The minimum absolute atomic E-state index is 1.14. The van der Waals surface area contributed by atoms with Crippen molar-refractivity contribution in [3.63, 3.8) is 0 Å². The molecule has 9 aromatic rings. The average molecular weight is 641 g/mol. The van der Waals surface area contributed by atoms with Crippen molar-refractivity contribution < 1.29 is 0 Å². The number of rotatable bonds is 6. The highest BCUT2D eigenvalue weighted by atomic mass is 15.1. The number of aryl methyl sites for hydroxylation is 2. The molecule has 0 amide bonds. The van der Waals surface area contributed by atoms with Crippen molar-refractivity contribution in [1.29, 1.82) is 0 Å². The molecule has 0 bridgehead atoms. The van der Waals surface area contributed by atoms with Crippen LogP contribution in [0.5, 0.6) is 0 Å². The molecule has 0 radical (unpaired) electrons. The number of hydrogen-bond donors (Lipinski definition) is 0. The smallest absolute Gasteiger partial charge is 0.0468 e. The number of hydrogen-bond acceptors (Lipinski definition) is 2. The van der Waals surface area contributed by atoms with Crippen LogP contribution in [0, 0.1) is 13.8 Å². The van der Waals surface area contributed by atoms with Crippen molar-refractivity contribution in [2.24, 2.45) is 0 Å². The Morgan fingerprint density at radius 3 is 1.02 bits per heavy atom. The zero-order chi connectivity index (χ0) is 33.6. The molecule has 0 atom stereocenters. The first-order valence-corrected chi connectivity index (χ1v) is 17.3. The van der Waals surface area contributed by atoms with E-state index in [1.165, 1.54) is 54.2 Å². The van der Waals surface area contributed by atoms with Gasteiger partial charge in [-0.1, -0.05) is 109 Å². The molecule has 0 spiro atoms. The number of benzene rings is 9. The lowest BCUT2D eigenvalue weighted by atomic mass is 9.92. The summed E-state index contributed by atoms with van der Waals surface area (Å²) >= 11 is 0. The molecule has 0 unspecified atom stereocenters. The molecule has 0 aliphatic rings. The topological polar surface area (TPSA) is 6.48 Å². The summed E-state index contributed by atoms with van der Waals surface area (Å²) in [6.07, 6.45) is 0. The summed E-state index contributed by atoms with van der Waals surface area (Å²) < 4.78 is 0. The summed E-state index contributed by atoms with van der Waals surface area (Å²) in [7, 11) is 0. The van der Waals surface area contributed by atoms with Gasteiger partial charge in [0.05, 0.1) is 0 Å². The second kappa shape index (κ2) is 12.3. The predicted octanol–water partition coefficient (Wildman–Crippen LogP) is 13.9. The third-order valence-electron chi connectivity index (χ3n) is 10.2. The Morgan fingerprint density at radius 2 is 0.600 bits per heavy atom. The lowest BCUT2D eigenvalue weighted by Gasteiger charge is -2.27. The van der Waals surface area contributed by atoms with Crippen LogP contribution < -0.4 is 9.80 Å². The van der Waals surface area contributed by atoms with Crippen LogP contribution in [0.2, 0.25) is 0 Å². The summed E-state index contributed by atoms with van der Waals surface area (Å²) in [5.74, 6) is 0. The van der Waals surface area contributed by atoms with Crippen molar-refractivity contribution in [1.82, 2.24) is 0 Å². The van der Waals surface area contributed by atoms with Gasteiger partial charge in [0.2, 0.25) is 0 Å². The number of nitrogens with zero attached hydrogens (tertiary/aromatic N) is 2. The molecule has 0 aliphatic heterocycles. The van der Waals surface area contributed by atoms with Crippen LogP contribution in [0.15, 0.2) is 182 Å². The zero-order valence-corrected chi connectivity index (χ0v) is 28.2. The molecule has 2 heteroatoms. The summed E-state index contributed by atoms with van der Waals surface area (Å²) in [6.45, 7) is 4.55. The van der Waals surface area contributed by atoms with E-state index in [0.717, 1.165) is 34.1 Å². The molecule has 0 aromatic heterocycles. The van der Waals surface area contributed by atoms with Gasteiger partial charge in [0.15, 0.2) is 0 Å². The lowest BCUT2D eigenvalue weighted by molar-refractivity contribution is 1.29. The number of anilines is 6. The molecular formula is C48H36N2. The van der Waals surface area contributed by atoms with E-state index in [9.17, 15) is 0 Å². The van der Waals surface area contributed by atoms with Gasteiger partial charge in [0, 0.05) is 34.1 Å². The van der Waals surface area contributed by atoms with Gasteiger partial charge in [-0.05, 0) is 141 Å². The van der Waals surface area contributed by atoms with Crippen molar-refractivity contribution in [2.45, 2.75) is 13.8 Å². The molecule has 238 valence electrons. The van der Waals surface area contributed by atoms with Gasteiger partial charge in [0.25, 0.3) is 0 Å². The molecule has 0 aliphatic carbocycles. The van der Waals surface area contributed by atoms with Crippen molar-refractivity contribution >= 4 is 77.2 Å². The maximum absolute atomic E-state index is 2.37. The average Bonchev–Trinajstić information content (AvgIpc) is 3.18. The second-order valence-electron chi connectivity index (χ2n) is 13.1. The largest absolute Gasteiger partial charge is 0.310 e. The Morgan fingerprint density at radius 1 is 0.260 bits per heavy atom.